The molecule has 0 bridgehead atoms. The maximum atomic E-state index is 12.9. The lowest BCUT2D eigenvalue weighted by Crippen LogP contribution is -2.43. The van der Waals surface area contributed by atoms with Crippen LogP contribution < -0.4 is 16.0 Å². The first kappa shape index (κ1) is 17.8. The zero-order valence-corrected chi connectivity index (χ0v) is 16.0. The molecule has 1 aliphatic rings. The minimum Gasteiger partial charge on any atom is -0.472 e. The van der Waals surface area contributed by atoms with Crippen LogP contribution >= 0.6 is 11.3 Å². The number of hydrogen-bond donors (Lipinski definition) is 2. The zero-order chi connectivity index (χ0) is 18.8. The third kappa shape index (κ3) is 3.74. The summed E-state index contributed by atoms with van der Waals surface area (Å²) in [4.78, 5) is 19.7. The molecule has 1 aliphatic heterocycles. The van der Waals surface area contributed by atoms with Gasteiger partial charge in [0.15, 0.2) is 10.8 Å². The summed E-state index contributed by atoms with van der Waals surface area (Å²) in [5.74, 6) is 0.000489. The maximum Gasteiger partial charge on any atom is 0.195 e. The van der Waals surface area contributed by atoms with E-state index in [1.807, 2.05) is 31.2 Å². The summed E-state index contributed by atoms with van der Waals surface area (Å²) in [6.07, 6.45) is 3.55. The predicted molar refractivity (Wildman–Crippen MR) is 109 cm³/mol. The van der Waals surface area contributed by atoms with Crippen molar-refractivity contribution >= 4 is 27.8 Å². The fraction of sp³-hybridized carbons (Fsp3) is 0.300. The number of ketones is 1. The molecule has 0 amide bonds. The number of nitrogens with zero attached hydrogens (tertiary/aromatic N) is 2. The van der Waals surface area contributed by atoms with Gasteiger partial charge in [-0.1, -0.05) is 17.4 Å². The predicted octanol–water partition coefficient (Wildman–Crippen LogP) is 3.13. The number of Topliss-reactive ketones (excluding diaryl/α,β-unsaturated/α-hetero) is 1. The highest BCUT2D eigenvalue weighted by atomic mass is 32.1. The molecule has 0 atom stereocenters. The van der Waals surface area contributed by atoms with Gasteiger partial charge < -0.3 is 20.4 Å². The lowest BCUT2D eigenvalue weighted by Gasteiger charge is -2.28. The van der Waals surface area contributed by atoms with Crippen molar-refractivity contribution in [2.75, 3.05) is 36.8 Å². The summed E-state index contributed by atoms with van der Waals surface area (Å²) >= 11 is 1.48. The molecule has 0 spiro atoms. The van der Waals surface area contributed by atoms with Crippen LogP contribution in [0.2, 0.25) is 0 Å². The molecule has 3 aromatic rings. The molecular formula is C20H22N4O2S. The van der Waals surface area contributed by atoms with Crippen molar-refractivity contribution in [3.63, 3.8) is 0 Å². The summed E-state index contributed by atoms with van der Waals surface area (Å²) in [6.45, 7) is 5.77. The number of benzene rings is 1. The Bertz CT molecular complexity index is 943. The molecule has 3 N–H and O–H groups in total. The first-order chi connectivity index (χ1) is 13.1. The van der Waals surface area contributed by atoms with E-state index in [-0.39, 0.29) is 12.2 Å². The van der Waals surface area contributed by atoms with Gasteiger partial charge in [0.25, 0.3) is 0 Å². The molecule has 0 aliphatic carbocycles. The SMILES string of the molecule is Cc1nc(C(=O)Cc2cc(-c3ccoc3)ccc2N)sc1N1CCNCC1. The monoisotopic (exact) mass is 382 g/mol. The van der Waals surface area contributed by atoms with E-state index in [4.69, 9.17) is 10.2 Å². The largest absolute Gasteiger partial charge is 0.472 e. The van der Waals surface area contributed by atoms with Gasteiger partial charge in [-0.05, 0) is 36.2 Å². The van der Waals surface area contributed by atoms with Crippen molar-refractivity contribution in [2.45, 2.75) is 13.3 Å². The molecule has 140 valence electrons. The molecule has 3 heterocycles. The molecule has 27 heavy (non-hydrogen) atoms. The lowest BCUT2D eigenvalue weighted by molar-refractivity contribution is 0.0992. The lowest BCUT2D eigenvalue weighted by atomic mass is 10.0. The van der Waals surface area contributed by atoms with E-state index >= 15 is 0 Å². The number of nitrogen functional groups attached to an aromatic ring is 1. The number of rotatable bonds is 5. The molecule has 6 nitrogen and oxygen atoms in total. The van der Waals surface area contributed by atoms with Gasteiger partial charge in [0, 0.05) is 43.9 Å². The van der Waals surface area contributed by atoms with Crippen LogP contribution in [-0.2, 0) is 6.42 Å². The van der Waals surface area contributed by atoms with E-state index < -0.39 is 0 Å². The van der Waals surface area contributed by atoms with E-state index in [1.54, 1.807) is 12.5 Å². The number of thiazole rings is 1. The number of nitrogens with two attached hydrogens (primary N) is 1. The van der Waals surface area contributed by atoms with E-state index in [0.717, 1.165) is 53.6 Å². The molecule has 1 saturated heterocycles. The fourth-order valence-electron chi connectivity index (χ4n) is 3.28. The van der Waals surface area contributed by atoms with Crippen LogP contribution in [0.4, 0.5) is 10.7 Å². The van der Waals surface area contributed by atoms with Gasteiger partial charge in [-0.25, -0.2) is 4.98 Å². The van der Waals surface area contributed by atoms with Gasteiger partial charge >= 0.3 is 0 Å². The number of furan rings is 1. The van der Waals surface area contributed by atoms with E-state index in [1.165, 1.54) is 11.3 Å². The van der Waals surface area contributed by atoms with Crippen molar-refractivity contribution in [1.82, 2.24) is 10.3 Å². The number of nitrogens with one attached hydrogen (secondary N) is 1. The summed E-state index contributed by atoms with van der Waals surface area (Å²) < 4.78 is 5.15. The van der Waals surface area contributed by atoms with Crippen LogP contribution in [0.15, 0.2) is 41.2 Å². The Morgan fingerprint density at radius 3 is 2.85 bits per heavy atom. The number of piperazine rings is 1. The quantitative estimate of drug-likeness (QED) is 0.521. The Kier molecular flexibility index (Phi) is 4.96. The number of aryl methyl sites for hydroxylation is 1. The standard InChI is InChI=1S/C20H22N4O2S/c1-13-20(24-7-5-22-6-8-24)27-19(23-13)18(25)11-16-10-14(2-3-17(16)21)15-4-9-26-12-15/h2-4,9-10,12,22H,5-8,11,21H2,1H3. The molecule has 2 aromatic heterocycles. The van der Waals surface area contributed by atoms with Crippen LogP contribution in [0, 0.1) is 6.92 Å². The van der Waals surface area contributed by atoms with Gasteiger partial charge in [0.1, 0.15) is 5.00 Å². The molecule has 0 radical (unpaired) electrons. The summed E-state index contributed by atoms with van der Waals surface area (Å²) in [5.41, 5.74) is 10.4. The fourth-order valence-corrected chi connectivity index (χ4v) is 4.34. The van der Waals surface area contributed by atoms with Crippen LogP contribution in [0.3, 0.4) is 0 Å². The van der Waals surface area contributed by atoms with Crippen molar-refractivity contribution < 1.29 is 9.21 Å². The minimum absolute atomic E-state index is 0.000489. The average molecular weight is 382 g/mol. The number of carbonyl (C=O) groups excluding carboxylic acids is 1. The topological polar surface area (TPSA) is 84.4 Å². The smallest absolute Gasteiger partial charge is 0.195 e. The Morgan fingerprint density at radius 1 is 1.30 bits per heavy atom. The normalized spacial score (nSPS) is 14.5. The number of carbonyl (C=O) groups is 1. The first-order valence-electron chi connectivity index (χ1n) is 8.99. The summed E-state index contributed by atoms with van der Waals surface area (Å²) in [7, 11) is 0. The second-order valence-electron chi connectivity index (χ2n) is 6.67. The van der Waals surface area contributed by atoms with E-state index in [2.05, 4.69) is 15.2 Å². The second kappa shape index (κ2) is 7.54. The third-order valence-corrected chi connectivity index (χ3v) is 6.02. The Morgan fingerprint density at radius 2 is 2.11 bits per heavy atom. The van der Waals surface area contributed by atoms with Crippen LogP contribution in [0.5, 0.6) is 0 Å². The average Bonchev–Trinajstić information content (AvgIpc) is 3.34. The summed E-state index contributed by atoms with van der Waals surface area (Å²) in [6, 6.07) is 7.62. The van der Waals surface area contributed by atoms with Gasteiger partial charge in [-0.15, -0.1) is 0 Å². The Hall–Kier alpha value is -2.64. The molecule has 0 saturated carbocycles. The molecule has 4 rings (SSSR count). The second-order valence-corrected chi connectivity index (χ2v) is 7.65. The molecule has 0 unspecified atom stereocenters. The van der Waals surface area contributed by atoms with Crippen LogP contribution in [0.1, 0.15) is 21.1 Å². The van der Waals surface area contributed by atoms with E-state index in [9.17, 15) is 4.79 Å². The number of aromatic nitrogens is 1. The Labute approximate surface area is 162 Å². The van der Waals surface area contributed by atoms with Crippen molar-refractivity contribution in [3.05, 3.63) is 53.1 Å². The van der Waals surface area contributed by atoms with E-state index in [0.29, 0.717) is 10.7 Å². The number of anilines is 2. The van der Waals surface area contributed by atoms with Crippen molar-refractivity contribution in [2.24, 2.45) is 0 Å². The number of hydrogen-bond acceptors (Lipinski definition) is 7. The summed E-state index contributed by atoms with van der Waals surface area (Å²) in [5, 5.41) is 4.99. The minimum atomic E-state index is 0.000489. The van der Waals surface area contributed by atoms with Gasteiger partial charge in [-0.3, -0.25) is 4.79 Å². The van der Waals surface area contributed by atoms with Crippen molar-refractivity contribution in [1.29, 1.82) is 0 Å². The zero-order valence-electron chi connectivity index (χ0n) is 15.2. The highest BCUT2D eigenvalue weighted by Gasteiger charge is 2.21. The van der Waals surface area contributed by atoms with Gasteiger partial charge in [0.2, 0.25) is 0 Å². The highest BCUT2D eigenvalue weighted by molar-refractivity contribution is 7.17. The maximum absolute atomic E-state index is 12.9. The molecule has 1 fully saturated rings. The molecule has 1 aromatic carbocycles. The van der Waals surface area contributed by atoms with Crippen LogP contribution in [0.25, 0.3) is 11.1 Å². The molecule has 7 heteroatoms. The first-order valence-corrected chi connectivity index (χ1v) is 9.81. The third-order valence-electron chi connectivity index (χ3n) is 4.76. The van der Waals surface area contributed by atoms with Gasteiger partial charge in [-0.2, -0.15) is 0 Å². The highest BCUT2D eigenvalue weighted by Crippen LogP contribution is 2.30. The Balaban J connectivity index is 1.55. The van der Waals surface area contributed by atoms with Crippen LogP contribution in [-0.4, -0.2) is 36.9 Å². The van der Waals surface area contributed by atoms with Crippen molar-refractivity contribution in [3.8, 4) is 11.1 Å². The molecular weight excluding hydrogens is 360 g/mol. The van der Waals surface area contributed by atoms with Gasteiger partial charge in [0.05, 0.1) is 18.2 Å².